The fourth-order valence-electron chi connectivity index (χ4n) is 2.63. The van der Waals surface area contributed by atoms with E-state index in [0.29, 0.717) is 28.9 Å². The van der Waals surface area contributed by atoms with Crippen LogP contribution in [0.4, 0.5) is 0 Å². The predicted octanol–water partition coefficient (Wildman–Crippen LogP) is 3.51. The molecule has 0 amide bonds. The van der Waals surface area contributed by atoms with Crippen molar-refractivity contribution in [1.29, 1.82) is 0 Å². The average molecular weight is 465 g/mol. The number of carbonyl (C=O) groups excluding carboxylic acids is 1. The molecular weight excluding hydrogens is 449 g/mol. The second-order valence-electron chi connectivity index (χ2n) is 5.46. The summed E-state index contributed by atoms with van der Waals surface area (Å²) in [6.07, 6.45) is 0. The Morgan fingerprint density at radius 2 is 1.85 bits per heavy atom. The SMILES string of the molecule is COC(=O)c1cc2cc(I)c(OCc3ccccc3)c(OC)c2c(=O)[nH]1. The number of esters is 1. The van der Waals surface area contributed by atoms with Crippen molar-refractivity contribution in [3.05, 3.63) is 67.6 Å². The Bertz CT molecular complexity index is 1010. The summed E-state index contributed by atoms with van der Waals surface area (Å²) in [6.45, 7) is 0.344. The Morgan fingerprint density at radius 1 is 1.12 bits per heavy atom. The van der Waals surface area contributed by atoms with Crippen LogP contribution in [0.2, 0.25) is 0 Å². The van der Waals surface area contributed by atoms with E-state index in [4.69, 9.17) is 9.47 Å². The molecule has 0 saturated heterocycles. The van der Waals surface area contributed by atoms with Gasteiger partial charge in [-0.05, 0) is 45.7 Å². The maximum Gasteiger partial charge on any atom is 0.354 e. The van der Waals surface area contributed by atoms with Crippen molar-refractivity contribution in [3.63, 3.8) is 0 Å². The number of rotatable bonds is 5. The fourth-order valence-corrected chi connectivity index (χ4v) is 3.37. The van der Waals surface area contributed by atoms with Gasteiger partial charge >= 0.3 is 5.97 Å². The van der Waals surface area contributed by atoms with Gasteiger partial charge in [0.1, 0.15) is 12.3 Å². The molecule has 134 valence electrons. The standard InChI is InChI=1S/C19H16INO5/c1-24-17-15-12(9-14(19(23)25-2)21-18(15)22)8-13(20)16(17)26-10-11-6-4-3-5-7-11/h3-9H,10H2,1-2H3,(H,21,22). The molecular formula is C19H16INO5. The maximum atomic E-state index is 12.5. The number of halogens is 1. The molecule has 0 atom stereocenters. The minimum Gasteiger partial charge on any atom is -0.492 e. The third kappa shape index (κ3) is 3.52. The first kappa shape index (κ1) is 18.2. The quantitative estimate of drug-likeness (QED) is 0.461. The van der Waals surface area contributed by atoms with Crippen LogP contribution in [0.5, 0.6) is 11.5 Å². The summed E-state index contributed by atoms with van der Waals surface area (Å²) in [7, 11) is 2.74. The van der Waals surface area contributed by atoms with E-state index in [1.54, 1.807) is 12.1 Å². The molecule has 0 radical (unpaired) electrons. The van der Waals surface area contributed by atoms with Gasteiger partial charge in [-0.25, -0.2) is 4.79 Å². The minimum absolute atomic E-state index is 0.0841. The summed E-state index contributed by atoms with van der Waals surface area (Å²) in [5.41, 5.74) is 0.641. The van der Waals surface area contributed by atoms with E-state index in [1.165, 1.54) is 14.2 Å². The van der Waals surface area contributed by atoms with Crippen LogP contribution < -0.4 is 15.0 Å². The van der Waals surface area contributed by atoms with E-state index in [0.717, 1.165) is 9.13 Å². The molecule has 3 aromatic rings. The van der Waals surface area contributed by atoms with Crippen molar-refractivity contribution in [3.8, 4) is 11.5 Å². The lowest BCUT2D eigenvalue weighted by molar-refractivity contribution is 0.0594. The number of aromatic nitrogens is 1. The summed E-state index contributed by atoms with van der Waals surface area (Å²) in [5.74, 6) is 0.212. The molecule has 0 aliphatic heterocycles. The number of hydrogen-bond acceptors (Lipinski definition) is 5. The zero-order valence-electron chi connectivity index (χ0n) is 14.2. The van der Waals surface area contributed by atoms with Gasteiger partial charge in [0.15, 0.2) is 11.5 Å². The third-order valence-electron chi connectivity index (χ3n) is 3.83. The molecule has 0 spiro atoms. The molecule has 6 nitrogen and oxygen atoms in total. The van der Waals surface area contributed by atoms with Crippen LogP contribution in [0.15, 0.2) is 47.3 Å². The van der Waals surface area contributed by atoms with E-state index in [1.807, 2.05) is 30.3 Å². The topological polar surface area (TPSA) is 77.6 Å². The molecule has 2 aromatic carbocycles. The summed E-state index contributed by atoms with van der Waals surface area (Å²) >= 11 is 2.12. The van der Waals surface area contributed by atoms with E-state index in [9.17, 15) is 9.59 Å². The van der Waals surface area contributed by atoms with Crippen LogP contribution >= 0.6 is 22.6 Å². The van der Waals surface area contributed by atoms with Crippen LogP contribution in [-0.4, -0.2) is 25.2 Å². The highest BCUT2D eigenvalue weighted by atomic mass is 127. The highest BCUT2D eigenvalue weighted by Gasteiger charge is 2.19. The first-order valence-corrected chi connectivity index (χ1v) is 8.81. The van der Waals surface area contributed by atoms with Crippen LogP contribution in [0.1, 0.15) is 16.1 Å². The normalized spacial score (nSPS) is 10.6. The van der Waals surface area contributed by atoms with Gasteiger partial charge in [-0.15, -0.1) is 0 Å². The average Bonchev–Trinajstić information content (AvgIpc) is 2.65. The van der Waals surface area contributed by atoms with Gasteiger partial charge in [-0.2, -0.15) is 0 Å². The first-order valence-electron chi connectivity index (χ1n) is 7.73. The van der Waals surface area contributed by atoms with Crippen molar-refractivity contribution in [2.24, 2.45) is 0 Å². The molecule has 0 aliphatic rings. The Morgan fingerprint density at radius 3 is 2.50 bits per heavy atom. The Balaban J connectivity index is 2.10. The summed E-state index contributed by atoms with van der Waals surface area (Å²) in [5, 5.41) is 0.895. The molecule has 0 aliphatic carbocycles. The van der Waals surface area contributed by atoms with Crippen LogP contribution in [-0.2, 0) is 11.3 Å². The van der Waals surface area contributed by atoms with Crippen molar-refractivity contribution < 1.29 is 19.0 Å². The van der Waals surface area contributed by atoms with Gasteiger partial charge < -0.3 is 19.2 Å². The number of nitrogens with one attached hydrogen (secondary N) is 1. The summed E-state index contributed by atoms with van der Waals surface area (Å²) in [6, 6.07) is 13.0. The molecule has 0 bridgehead atoms. The van der Waals surface area contributed by atoms with E-state index in [-0.39, 0.29) is 5.69 Å². The molecule has 0 fully saturated rings. The number of aromatic amines is 1. The maximum absolute atomic E-state index is 12.5. The smallest absolute Gasteiger partial charge is 0.354 e. The van der Waals surface area contributed by atoms with E-state index >= 15 is 0 Å². The third-order valence-corrected chi connectivity index (χ3v) is 4.63. The summed E-state index contributed by atoms with van der Waals surface area (Å²) in [4.78, 5) is 26.8. The molecule has 0 unspecified atom stereocenters. The fraction of sp³-hybridized carbons (Fsp3) is 0.158. The molecule has 3 rings (SSSR count). The molecule has 7 heteroatoms. The number of fused-ring (bicyclic) bond motifs is 1. The molecule has 1 aromatic heterocycles. The number of hydrogen-bond donors (Lipinski definition) is 1. The monoisotopic (exact) mass is 465 g/mol. The zero-order chi connectivity index (χ0) is 18.7. The van der Waals surface area contributed by atoms with Crippen LogP contribution in [0.25, 0.3) is 10.8 Å². The van der Waals surface area contributed by atoms with Gasteiger partial charge in [0.25, 0.3) is 5.56 Å². The van der Waals surface area contributed by atoms with Crippen molar-refractivity contribution in [2.45, 2.75) is 6.61 Å². The van der Waals surface area contributed by atoms with Crippen LogP contribution in [0, 0.1) is 3.57 Å². The number of carbonyl (C=O) groups is 1. The van der Waals surface area contributed by atoms with Gasteiger partial charge in [0.2, 0.25) is 0 Å². The lowest BCUT2D eigenvalue weighted by Gasteiger charge is -2.15. The molecule has 1 N–H and O–H groups in total. The van der Waals surface area contributed by atoms with Gasteiger partial charge in [0, 0.05) is 0 Å². The lowest BCUT2D eigenvalue weighted by atomic mass is 10.1. The van der Waals surface area contributed by atoms with Crippen molar-refractivity contribution in [2.75, 3.05) is 14.2 Å². The number of pyridine rings is 1. The van der Waals surface area contributed by atoms with E-state index < -0.39 is 11.5 Å². The second-order valence-corrected chi connectivity index (χ2v) is 6.63. The Kier molecular flexibility index (Phi) is 5.46. The Labute approximate surface area is 163 Å². The van der Waals surface area contributed by atoms with E-state index in [2.05, 4.69) is 32.3 Å². The highest BCUT2D eigenvalue weighted by Crippen LogP contribution is 2.38. The molecule has 0 saturated carbocycles. The lowest BCUT2D eigenvalue weighted by Crippen LogP contribution is -2.15. The molecule has 1 heterocycles. The minimum atomic E-state index is -0.609. The largest absolute Gasteiger partial charge is 0.492 e. The highest BCUT2D eigenvalue weighted by molar-refractivity contribution is 14.1. The first-order chi connectivity index (χ1) is 12.5. The van der Waals surface area contributed by atoms with Gasteiger partial charge in [-0.1, -0.05) is 30.3 Å². The predicted molar refractivity (Wildman–Crippen MR) is 106 cm³/mol. The zero-order valence-corrected chi connectivity index (χ0v) is 16.3. The Hall–Kier alpha value is -2.55. The second kappa shape index (κ2) is 7.77. The molecule has 26 heavy (non-hydrogen) atoms. The van der Waals surface area contributed by atoms with Crippen molar-refractivity contribution in [1.82, 2.24) is 4.98 Å². The van der Waals surface area contributed by atoms with Gasteiger partial charge in [0.05, 0.1) is 23.2 Å². The number of benzene rings is 2. The summed E-state index contributed by atoms with van der Waals surface area (Å²) < 4.78 is 16.8. The van der Waals surface area contributed by atoms with Crippen molar-refractivity contribution >= 4 is 39.3 Å². The van der Waals surface area contributed by atoms with Crippen LogP contribution in [0.3, 0.4) is 0 Å². The van der Waals surface area contributed by atoms with Gasteiger partial charge in [-0.3, -0.25) is 4.79 Å². The number of ether oxygens (including phenoxy) is 3. The number of methoxy groups -OCH3 is 2. The number of H-pyrrole nitrogens is 1.